The van der Waals surface area contributed by atoms with E-state index in [-0.39, 0.29) is 86.5 Å². The van der Waals surface area contributed by atoms with Gasteiger partial charge in [-0.2, -0.15) is 24.7 Å². The van der Waals surface area contributed by atoms with Crippen molar-refractivity contribution >= 4 is 0 Å². The average molecular weight is 527 g/mol. The third-order valence-electron chi connectivity index (χ3n) is 2.89. The molecule has 0 aromatic heterocycles. The predicted octanol–water partition coefficient (Wildman–Crippen LogP) is 3.83. The SMILES string of the molecule is [CH2-]CCC[CH-]C1CCCCC1[CH2-].[W].[Y].[Y]. The molecule has 1 rings (SSSR count). The summed E-state index contributed by atoms with van der Waals surface area (Å²) in [7, 11) is 0. The Hall–Kier alpha value is 2.90. The summed E-state index contributed by atoms with van der Waals surface area (Å²) in [5.74, 6) is 1.51. The normalized spacial score (nSPS) is 24.4. The molecule has 15 heavy (non-hydrogen) atoms. The molecular formula is C12H21WY2-3. The first-order chi connectivity index (χ1) is 5.84. The van der Waals surface area contributed by atoms with E-state index in [0.29, 0.717) is 5.92 Å². The molecule has 1 aliphatic carbocycles. The van der Waals surface area contributed by atoms with Gasteiger partial charge in [-0.15, -0.1) is 6.42 Å². The molecule has 0 aromatic carbocycles. The second-order valence-corrected chi connectivity index (χ2v) is 3.94. The van der Waals surface area contributed by atoms with Crippen molar-refractivity contribution in [3.63, 3.8) is 0 Å². The van der Waals surface area contributed by atoms with Gasteiger partial charge in [0.2, 0.25) is 0 Å². The second kappa shape index (κ2) is 15.0. The van der Waals surface area contributed by atoms with Crippen LogP contribution in [0, 0.1) is 32.1 Å². The zero-order valence-corrected chi connectivity index (χ0v) is 18.3. The van der Waals surface area contributed by atoms with Crippen LogP contribution >= 0.6 is 0 Å². The standard InChI is InChI=1S/C12H21.W.2Y/c1-3-4-5-9-12-10-7-6-8-11(12)2;;;/h9,11-12H,1-8,10H2;;;/q-3;;;. The van der Waals surface area contributed by atoms with E-state index < -0.39 is 0 Å². The molecule has 0 spiro atoms. The van der Waals surface area contributed by atoms with Gasteiger partial charge in [0, 0.05) is 86.5 Å². The summed E-state index contributed by atoms with van der Waals surface area (Å²) in [5, 5.41) is 0. The molecule has 0 aliphatic heterocycles. The number of hydrogen-bond acceptors (Lipinski definition) is 0. The summed E-state index contributed by atoms with van der Waals surface area (Å²) in [4.78, 5) is 0. The fourth-order valence-electron chi connectivity index (χ4n) is 2.02. The average Bonchev–Trinajstić information content (AvgIpc) is 2.09. The first kappa shape index (κ1) is 23.0. The minimum absolute atomic E-state index is 0. The summed E-state index contributed by atoms with van der Waals surface area (Å²) in [6.07, 6.45) is 11.6. The molecule has 1 aliphatic rings. The second-order valence-electron chi connectivity index (χ2n) is 3.94. The fraction of sp³-hybridized carbons (Fsp3) is 0.750. The Kier molecular flexibility index (Phi) is 23.0. The molecular weight excluding hydrogens is 506 g/mol. The van der Waals surface area contributed by atoms with Crippen LogP contribution in [0.2, 0.25) is 0 Å². The first-order valence-electron chi connectivity index (χ1n) is 5.30. The van der Waals surface area contributed by atoms with Crippen molar-refractivity contribution in [3.8, 4) is 0 Å². The van der Waals surface area contributed by atoms with Crippen LogP contribution in [0.1, 0.15) is 44.9 Å². The molecule has 84 valence electrons. The van der Waals surface area contributed by atoms with Crippen molar-refractivity contribution in [3.05, 3.63) is 20.3 Å². The van der Waals surface area contributed by atoms with E-state index in [2.05, 4.69) is 20.3 Å². The van der Waals surface area contributed by atoms with Crippen LogP contribution in [0.5, 0.6) is 0 Å². The molecule has 2 radical (unpaired) electrons. The molecule has 0 N–H and O–H groups in total. The van der Waals surface area contributed by atoms with E-state index in [1.54, 1.807) is 0 Å². The van der Waals surface area contributed by atoms with Gasteiger partial charge in [0.1, 0.15) is 0 Å². The van der Waals surface area contributed by atoms with Gasteiger partial charge in [0.05, 0.1) is 0 Å². The van der Waals surface area contributed by atoms with E-state index in [1.165, 1.54) is 38.5 Å². The Bertz CT molecular complexity index is 120. The molecule has 0 heterocycles. The molecule has 0 aromatic rings. The van der Waals surface area contributed by atoms with Crippen molar-refractivity contribution in [1.29, 1.82) is 0 Å². The molecule has 0 saturated heterocycles. The zero-order chi connectivity index (χ0) is 8.81. The summed E-state index contributed by atoms with van der Waals surface area (Å²) in [5.41, 5.74) is 0. The maximum absolute atomic E-state index is 4.21. The molecule has 0 amide bonds. The van der Waals surface area contributed by atoms with Crippen LogP contribution in [0.15, 0.2) is 0 Å². The van der Waals surface area contributed by atoms with Gasteiger partial charge in [-0.25, -0.2) is 0 Å². The number of unbranched alkanes of at least 4 members (excludes halogenated alkanes) is 2. The smallest absolute Gasteiger partial charge is 0 e. The van der Waals surface area contributed by atoms with Crippen molar-refractivity contribution in [2.24, 2.45) is 11.8 Å². The van der Waals surface area contributed by atoms with Crippen LogP contribution in [0.25, 0.3) is 0 Å². The van der Waals surface area contributed by atoms with Crippen LogP contribution in [-0.2, 0) is 86.5 Å². The van der Waals surface area contributed by atoms with Gasteiger partial charge in [-0.3, -0.25) is 0 Å². The Labute approximate surface area is 161 Å². The molecule has 3 heteroatoms. The Morgan fingerprint density at radius 1 is 1.13 bits per heavy atom. The Morgan fingerprint density at radius 3 is 2.27 bits per heavy atom. The Morgan fingerprint density at radius 2 is 1.73 bits per heavy atom. The van der Waals surface area contributed by atoms with Crippen LogP contribution in [0.4, 0.5) is 0 Å². The van der Waals surface area contributed by atoms with E-state index >= 15 is 0 Å². The quantitative estimate of drug-likeness (QED) is 0.386. The maximum Gasteiger partial charge on any atom is 0 e. The van der Waals surface area contributed by atoms with E-state index in [1.807, 2.05) is 0 Å². The van der Waals surface area contributed by atoms with Gasteiger partial charge in [-0.1, -0.05) is 25.7 Å². The van der Waals surface area contributed by atoms with Crippen molar-refractivity contribution in [1.82, 2.24) is 0 Å². The third-order valence-corrected chi connectivity index (χ3v) is 2.89. The zero-order valence-electron chi connectivity index (χ0n) is 9.66. The van der Waals surface area contributed by atoms with Crippen LogP contribution in [0.3, 0.4) is 0 Å². The largest absolute Gasteiger partial charge is 0.343 e. The van der Waals surface area contributed by atoms with E-state index in [0.717, 1.165) is 12.3 Å². The van der Waals surface area contributed by atoms with Crippen LogP contribution < -0.4 is 0 Å². The number of hydrogen-bond donors (Lipinski definition) is 0. The van der Waals surface area contributed by atoms with Gasteiger partial charge in [-0.05, 0) is 0 Å². The summed E-state index contributed by atoms with van der Waals surface area (Å²) in [6, 6.07) is 0. The van der Waals surface area contributed by atoms with Crippen molar-refractivity contribution in [2.45, 2.75) is 44.9 Å². The summed E-state index contributed by atoms with van der Waals surface area (Å²) >= 11 is 0. The predicted molar refractivity (Wildman–Crippen MR) is 54.3 cm³/mol. The van der Waals surface area contributed by atoms with Gasteiger partial charge >= 0.3 is 0 Å². The molecule has 0 bridgehead atoms. The molecule has 0 nitrogen and oxygen atoms in total. The minimum atomic E-state index is 0. The molecule has 1 fully saturated rings. The molecule has 2 atom stereocenters. The van der Waals surface area contributed by atoms with E-state index in [9.17, 15) is 0 Å². The van der Waals surface area contributed by atoms with Gasteiger partial charge in [0.25, 0.3) is 0 Å². The molecule has 2 unspecified atom stereocenters. The van der Waals surface area contributed by atoms with Gasteiger partial charge < -0.3 is 20.3 Å². The maximum atomic E-state index is 4.21. The molecule has 1 saturated carbocycles. The fourth-order valence-corrected chi connectivity index (χ4v) is 2.02. The summed E-state index contributed by atoms with van der Waals surface area (Å²) < 4.78 is 0. The summed E-state index contributed by atoms with van der Waals surface area (Å²) in [6.45, 7) is 8.06. The topological polar surface area (TPSA) is 0 Å². The van der Waals surface area contributed by atoms with Crippen LogP contribution in [-0.4, -0.2) is 0 Å². The van der Waals surface area contributed by atoms with Gasteiger partial charge in [0.15, 0.2) is 0 Å². The first-order valence-corrected chi connectivity index (χ1v) is 5.30. The minimum Gasteiger partial charge on any atom is -0.343 e. The number of rotatable bonds is 4. The van der Waals surface area contributed by atoms with Crippen molar-refractivity contribution < 1.29 is 86.5 Å². The Balaban J connectivity index is -0.000000480. The third kappa shape index (κ3) is 10.5. The monoisotopic (exact) mass is 527 g/mol. The van der Waals surface area contributed by atoms with E-state index in [4.69, 9.17) is 0 Å². The van der Waals surface area contributed by atoms with Crippen molar-refractivity contribution in [2.75, 3.05) is 0 Å².